The van der Waals surface area contributed by atoms with Gasteiger partial charge in [0.25, 0.3) is 5.91 Å². The van der Waals surface area contributed by atoms with E-state index in [9.17, 15) is 9.18 Å². The molecule has 2 rings (SSSR count). The van der Waals surface area contributed by atoms with Gasteiger partial charge in [0, 0.05) is 26.4 Å². The Balaban J connectivity index is 2.25. The summed E-state index contributed by atoms with van der Waals surface area (Å²) < 4.78 is 13.8. The smallest absolute Gasteiger partial charge is 0.255 e. The third-order valence-electron chi connectivity index (χ3n) is 2.30. The van der Waals surface area contributed by atoms with Gasteiger partial charge in [0.1, 0.15) is 5.82 Å². The standard InChI is InChI=1S/C13H9BrClFN2O/c14-8-1-7(2-9(15)3-8)13(19)18-12-5-10(16)4-11(17)6-12/h1-6H,17H2,(H,18,19). The highest BCUT2D eigenvalue weighted by Gasteiger charge is 2.09. The molecule has 0 saturated heterocycles. The largest absolute Gasteiger partial charge is 0.399 e. The van der Waals surface area contributed by atoms with E-state index < -0.39 is 11.7 Å². The van der Waals surface area contributed by atoms with Crippen molar-refractivity contribution < 1.29 is 9.18 Å². The Morgan fingerprint density at radius 2 is 1.95 bits per heavy atom. The van der Waals surface area contributed by atoms with Crippen molar-refractivity contribution in [1.82, 2.24) is 0 Å². The summed E-state index contributed by atoms with van der Waals surface area (Å²) in [6.45, 7) is 0. The number of halogens is 3. The van der Waals surface area contributed by atoms with Gasteiger partial charge in [-0.25, -0.2) is 4.39 Å². The number of anilines is 2. The number of amides is 1. The van der Waals surface area contributed by atoms with Gasteiger partial charge >= 0.3 is 0 Å². The zero-order valence-electron chi connectivity index (χ0n) is 9.58. The fraction of sp³-hybridized carbons (Fsp3) is 0. The predicted molar refractivity (Wildman–Crippen MR) is 77.9 cm³/mol. The monoisotopic (exact) mass is 342 g/mol. The van der Waals surface area contributed by atoms with E-state index in [1.165, 1.54) is 24.3 Å². The topological polar surface area (TPSA) is 55.1 Å². The molecule has 0 atom stereocenters. The van der Waals surface area contributed by atoms with Crippen LogP contribution in [0.25, 0.3) is 0 Å². The molecule has 0 aromatic heterocycles. The summed E-state index contributed by atoms with van der Waals surface area (Å²) in [6, 6.07) is 8.63. The summed E-state index contributed by atoms with van der Waals surface area (Å²) in [5, 5.41) is 2.98. The van der Waals surface area contributed by atoms with Crippen LogP contribution >= 0.6 is 27.5 Å². The van der Waals surface area contributed by atoms with E-state index in [0.29, 0.717) is 20.7 Å². The zero-order valence-corrected chi connectivity index (χ0v) is 11.9. The van der Waals surface area contributed by atoms with Crippen molar-refractivity contribution in [2.75, 3.05) is 11.1 Å². The van der Waals surface area contributed by atoms with E-state index in [4.69, 9.17) is 17.3 Å². The van der Waals surface area contributed by atoms with Gasteiger partial charge in [-0.15, -0.1) is 0 Å². The third kappa shape index (κ3) is 3.68. The van der Waals surface area contributed by atoms with Crippen molar-refractivity contribution in [3.8, 4) is 0 Å². The third-order valence-corrected chi connectivity index (χ3v) is 2.98. The summed E-state index contributed by atoms with van der Waals surface area (Å²) in [7, 11) is 0. The highest BCUT2D eigenvalue weighted by molar-refractivity contribution is 9.10. The van der Waals surface area contributed by atoms with Crippen LogP contribution in [0.4, 0.5) is 15.8 Å². The quantitative estimate of drug-likeness (QED) is 0.807. The van der Waals surface area contributed by atoms with Gasteiger partial charge in [-0.05, 0) is 36.4 Å². The van der Waals surface area contributed by atoms with Gasteiger partial charge in [-0.3, -0.25) is 4.79 Å². The minimum atomic E-state index is -0.512. The molecular formula is C13H9BrClFN2O. The highest BCUT2D eigenvalue weighted by atomic mass is 79.9. The summed E-state index contributed by atoms with van der Waals surface area (Å²) in [5.41, 5.74) is 6.39. The SMILES string of the molecule is Nc1cc(F)cc(NC(=O)c2cc(Cl)cc(Br)c2)c1. The van der Waals surface area contributed by atoms with Crippen LogP contribution in [0, 0.1) is 5.82 Å². The molecule has 6 heteroatoms. The molecule has 1 amide bonds. The Hall–Kier alpha value is -1.59. The summed E-state index contributed by atoms with van der Waals surface area (Å²) in [4.78, 5) is 12.0. The van der Waals surface area contributed by atoms with Crippen LogP contribution in [0.3, 0.4) is 0 Å². The maximum atomic E-state index is 13.1. The van der Waals surface area contributed by atoms with E-state index in [1.807, 2.05) is 0 Å². The van der Waals surface area contributed by atoms with Gasteiger partial charge in [0.2, 0.25) is 0 Å². The second kappa shape index (κ2) is 5.59. The number of hydrogen-bond donors (Lipinski definition) is 2. The molecule has 0 spiro atoms. The molecule has 0 aliphatic carbocycles. The van der Waals surface area contributed by atoms with Crippen LogP contribution in [0.15, 0.2) is 40.9 Å². The van der Waals surface area contributed by atoms with Crippen LogP contribution in [0.5, 0.6) is 0 Å². The molecule has 2 aromatic rings. The number of nitrogen functional groups attached to an aromatic ring is 1. The molecule has 0 bridgehead atoms. The number of carbonyl (C=O) groups excluding carboxylic acids is 1. The predicted octanol–water partition coefficient (Wildman–Crippen LogP) is 4.08. The molecule has 0 fully saturated rings. The number of rotatable bonds is 2. The summed E-state index contributed by atoms with van der Waals surface area (Å²) in [5.74, 6) is -0.907. The Bertz CT molecular complexity index is 608. The van der Waals surface area contributed by atoms with Crippen molar-refractivity contribution in [3.05, 3.63) is 57.3 Å². The lowest BCUT2D eigenvalue weighted by molar-refractivity contribution is 0.102. The maximum Gasteiger partial charge on any atom is 0.255 e. The van der Waals surface area contributed by atoms with Crippen LogP contribution in [0.1, 0.15) is 10.4 Å². The van der Waals surface area contributed by atoms with Gasteiger partial charge in [-0.1, -0.05) is 27.5 Å². The van der Waals surface area contributed by atoms with Crippen molar-refractivity contribution >= 4 is 44.8 Å². The van der Waals surface area contributed by atoms with Crippen LogP contribution in [-0.4, -0.2) is 5.91 Å². The first kappa shape index (κ1) is 13.8. The number of nitrogens with one attached hydrogen (secondary N) is 1. The maximum absolute atomic E-state index is 13.1. The van der Waals surface area contributed by atoms with E-state index in [0.717, 1.165) is 0 Å². The fourth-order valence-corrected chi connectivity index (χ4v) is 2.43. The van der Waals surface area contributed by atoms with E-state index in [-0.39, 0.29) is 5.69 Å². The second-order valence-electron chi connectivity index (χ2n) is 3.89. The molecule has 0 aliphatic rings. The Morgan fingerprint density at radius 1 is 1.21 bits per heavy atom. The molecule has 0 saturated carbocycles. The molecular weight excluding hydrogens is 335 g/mol. The van der Waals surface area contributed by atoms with E-state index >= 15 is 0 Å². The Morgan fingerprint density at radius 3 is 2.58 bits per heavy atom. The first-order chi connectivity index (χ1) is 8.94. The molecule has 0 unspecified atom stereocenters. The van der Waals surface area contributed by atoms with Gasteiger partial charge < -0.3 is 11.1 Å². The second-order valence-corrected chi connectivity index (χ2v) is 5.24. The minimum absolute atomic E-state index is 0.238. The van der Waals surface area contributed by atoms with Crippen molar-refractivity contribution in [3.63, 3.8) is 0 Å². The molecule has 3 nitrogen and oxygen atoms in total. The average Bonchev–Trinajstić information content (AvgIpc) is 2.25. The van der Waals surface area contributed by atoms with Crippen LogP contribution in [-0.2, 0) is 0 Å². The molecule has 2 aromatic carbocycles. The molecule has 0 radical (unpaired) electrons. The summed E-state index contributed by atoms with van der Waals surface area (Å²) in [6.07, 6.45) is 0. The van der Waals surface area contributed by atoms with Crippen molar-refractivity contribution in [2.45, 2.75) is 0 Å². The van der Waals surface area contributed by atoms with Gasteiger partial charge in [-0.2, -0.15) is 0 Å². The van der Waals surface area contributed by atoms with E-state index in [2.05, 4.69) is 21.2 Å². The van der Waals surface area contributed by atoms with Crippen molar-refractivity contribution in [2.24, 2.45) is 0 Å². The fourth-order valence-electron chi connectivity index (χ4n) is 1.57. The van der Waals surface area contributed by atoms with E-state index in [1.54, 1.807) is 12.1 Å². The lowest BCUT2D eigenvalue weighted by atomic mass is 10.2. The zero-order chi connectivity index (χ0) is 14.0. The van der Waals surface area contributed by atoms with Crippen LogP contribution < -0.4 is 11.1 Å². The normalized spacial score (nSPS) is 10.3. The molecule has 3 N–H and O–H groups in total. The number of carbonyl (C=O) groups is 1. The number of nitrogens with two attached hydrogens (primary N) is 1. The lowest BCUT2D eigenvalue weighted by Crippen LogP contribution is -2.12. The molecule has 0 aliphatic heterocycles. The lowest BCUT2D eigenvalue weighted by Gasteiger charge is -2.07. The molecule has 19 heavy (non-hydrogen) atoms. The van der Waals surface area contributed by atoms with Gasteiger partial charge in [0.15, 0.2) is 0 Å². The minimum Gasteiger partial charge on any atom is -0.399 e. The molecule has 98 valence electrons. The number of benzene rings is 2. The van der Waals surface area contributed by atoms with Crippen molar-refractivity contribution in [1.29, 1.82) is 0 Å². The average molecular weight is 344 g/mol. The Kier molecular flexibility index (Phi) is 4.07. The Labute approximate surface area is 122 Å². The first-order valence-corrected chi connectivity index (χ1v) is 6.44. The van der Waals surface area contributed by atoms with Gasteiger partial charge in [0.05, 0.1) is 0 Å². The first-order valence-electron chi connectivity index (χ1n) is 5.27. The highest BCUT2D eigenvalue weighted by Crippen LogP contribution is 2.21. The summed E-state index contributed by atoms with van der Waals surface area (Å²) >= 11 is 9.10. The number of hydrogen-bond acceptors (Lipinski definition) is 2. The van der Waals surface area contributed by atoms with Crippen LogP contribution in [0.2, 0.25) is 5.02 Å². The molecule has 0 heterocycles.